The highest BCUT2D eigenvalue weighted by atomic mass is 16.4. The lowest BCUT2D eigenvalue weighted by Crippen LogP contribution is -2.17. The average Bonchev–Trinajstić information content (AvgIpc) is 2.28. The summed E-state index contributed by atoms with van der Waals surface area (Å²) < 4.78 is 0. The molecule has 2 rings (SSSR count). The minimum absolute atomic E-state index is 0.0171. The molecule has 0 saturated carbocycles. The summed E-state index contributed by atoms with van der Waals surface area (Å²) >= 11 is 0. The second-order valence-corrected chi connectivity index (χ2v) is 3.05. The Kier molecular flexibility index (Phi) is 2.47. The highest BCUT2D eigenvalue weighted by Crippen LogP contribution is 2.11. The first kappa shape index (κ1) is 10.0. The smallest absolute Gasteiger partial charge is 0.269 e. The SMILES string of the molecule is NC(=O)c1nc2ccccc2nc1/C=N/O. The van der Waals surface area contributed by atoms with Gasteiger partial charge in [-0.15, -0.1) is 0 Å². The molecular weight excluding hydrogens is 208 g/mol. The lowest BCUT2D eigenvalue weighted by Gasteiger charge is -2.02. The number of para-hydroxylation sites is 2. The Hall–Kier alpha value is -2.50. The predicted octanol–water partition coefficient (Wildman–Crippen LogP) is 0.537. The Balaban J connectivity index is 2.75. The molecule has 80 valence electrons. The molecular formula is C10H8N4O2. The van der Waals surface area contributed by atoms with E-state index in [9.17, 15) is 4.79 Å². The van der Waals surface area contributed by atoms with Gasteiger partial charge in [-0.3, -0.25) is 4.79 Å². The number of hydrogen-bond acceptors (Lipinski definition) is 5. The third-order valence-electron chi connectivity index (χ3n) is 2.01. The molecule has 0 aliphatic heterocycles. The van der Waals surface area contributed by atoms with Crippen molar-refractivity contribution in [3.8, 4) is 0 Å². The van der Waals surface area contributed by atoms with E-state index in [1.807, 2.05) is 0 Å². The molecule has 1 aromatic carbocycles. The van der Waals surface area contributed by atoms with Crippen molar-refractivity contribution >= 4 is 23.2 Å². The Bertz CT molecular complexity index is 580. The van der Waals surface area contributed by atoms with E-state index < -0.39 is 5.91 Å². The molecule has 6 heteroatoms. The Labute approximate surface area is 90.4 Å². The lowest BCUT2D eigenvalue weighted by molar-refractivity contribution is 0.0995. The first-order valence-corrected chi connectivity index (χ1v) is 4.46. The second kappa shape index (κ2) is 3.93. The summed E-state index contributed by atoms with van der Waals surface area (Å²) in [5.41, 5.74) is 6.44. The number of rotatable bonds is 2. The molecule has 0 atom stereocenters. The number of oxime groups is 1. The minimum atomic E-state index is -0.715. The Morgan fingerprint density at radius 3 is 2.50 bits per heavy atom. The number of benzene rings is 1. The first-order chi connectivity index (χ1) is 7.72. The third kappa shape index (κ3) is 1.68. The topological polar surface area (TPSA) is 101 Å². The molecule has 0 aliphatic carbocycles. The van der Waals surface area contributed by atoms with Crippen molar-refractivity contribution in [3.05, 3.63) is 35.7 Å². The van der Waals surface area contributed by atoms with Crippen LogP contribution in [0.3, 0.4) is 0 Å². The monoisotopic (exact) mass is 216 g/mol. The normalized spacial score (nSPS) is 11.0. The van der Waals surface area contributed by atoms with Gasteiger partial charge in [0.2, 0.25) is 0 Å². The zero-order valence-electron chi connectivity index (χ0n) is 8.16. The van der Waals surface area contributed by atoms with Gasteiger partial charge < -0.3 is 10.9 Å². The van der Waals surface area contributed by atoms with Crippen molar-refractivity contribution in [2.45, 2.75) is 0 Å². The van der Waals surface area contributed by atoms with E-state index in [2.05, 4.69) is 15.1 Å². The van der Waals surface area contributed by atoms with Crippen LogP contribution in [0.4, 0.5) is 0 Å². The predicted molar refractivity (Wildman–Crippen MR) is 57.4 cm³/mol. The fraction of sp³-hybridized carbons (Fsp3) is 0. The Morgan fingerprint density at radius 1 is 1.31 bits per heavy atom. The average molecular weight is 216 g/mol. The quantitative estimate of drug-likeness (QED) is 0.434. The summed E-state index contributed by atoms with van der Waals surface area (Å²) in [7, 11) is 0. The summed E-state index contributed by atoms with van der Waals surface area (Å²) in [6.45, 7) is 0. The van der Waals surface area contributed by atoms with E-state index in [-0.39, 0.29) is 11.4 Å². The van der Waals surface area contributed by atoms with E-state index in [4.69, 9.17) is 10.9 Å². The van der Waals surface area contributed by atoms with Gasteiger partial charge >= 0.3 is 0 Å². The zero-order valence-corrected chi connectivity index (χ0v) is 8.16. The van der Waals surface area contributed by atoms with Crippen LogP contribution in [-0.2, 0) is 0 Å². The summed E-state index contributed by atoms with van der Waals surface area (Å²) in [4.78, 5) is 19.3. The number of carbonyl (C=O) groups excluding carboxylic acids is 1. The number of aromatic nitrogens is 2. The number of nitrogens with two attached hydrogens (primary N) is 1. The fourth-order valence-corrected chi connectivity index (χ4v) is 1.34. The highest BCUT2D eigenvalue weighted by molar-refractivity contribution is 6.00. The lowest BCUT2D eigenvalue weighted by atomic mass is 10.2. The van der Waals surface area contributed by atoms with Gasteiger partial charge in [0.25, 0.3) is 5.91 Å². The van der Waals surface area contributed by atoms with Crippen LogP contribution in [0.5, 0.6) is 0 Å². The summed E-state index contributed by atoms with van der Waals surface area (Å²) in [5.74, 6) is -0.715. The molecule has 0 fully saturated rings. The van der Waals surface area contributed by atoms with Gasteiger partial charge in [0, 0.05) is 0 Å². The molecule has 0 spiro atoms. The van der Waals surface area contributed by atoms with Gasteiger partial charge in [0.1, 0.15) is 5.69 Å². The number of primary amides is 1. The molecule has 1 heterocycles. The van der Waals surface area contributed by atoms with Crippen LogP contribution < -0.4 is 5.73 Å². The van der Waals surface area contributed by atoms with Crippen LogP contribution in [0.1, 0.15) is 16.2 Å². The molecule has 1 amide bonds. The van der Waals surface area contributed by atoms with Gasteiger partial charge in [-0.25, -0.2) is 9.97 Å². The van der Waals surface area contributed by atoms with Crippen LogP contribution in [-0.4, -0.2) is 27.3 Å². The summed E-state index contributed by atoms with van der Waals surface area (Å²) in [6.07, 6.45) is 1.03. The summed E-state index contributed by atoms with van der Waals surface area (Å²) in [5, 5.41) is 11.3. The molecule has 0 aliphatic rings. The van der Waals surface area contributed by atoms with Gasteiger partial charge in [-0.05, 0) is 12.1 Å². The standard InChI is InChI=1S/C10H8N4O2/c11-10(15)9-8(5-12-16)13-6-3-1-2-4-7(6)14-9/h1-5,16H,(H2,11,15)/b12-5+. The summed E-state index contributed by atoms with van der Waals surface area (Å²) in [6, 6.07) is 7.03. The Morgan fingerprint density at radius 2 is 1.94 bits per heavy atom. The third-order valence-corrected chi connectivity index (χ3v) is 2.01. The molecule has 16 heavy (non-hydrogen) atoms. The molecule has 0 radical (unpaired) electrons. The number of amides is 1. The van der Waals surface area contributed by atoms with Crippen molar-refractivity contribution in [2.24, 2.45) is 10.9 Å². The molecule has 0 saturated heterocycles. The molecule has 0 bridgehead atoms. The molecule has 6 nitrogen and oxygen atoms in total. The maximum atomic E-state index is 11.1. The molecule has 1 aromatic heterocycles. The van der Waals surface area contributed by atoms with Crippen molar-refractivity contribution in [1.29, 1.82) is 0 Å². The van der Waals surface area contributed by atoms with Crippen molar-refractivity contribution in [2.75, 3.05) is 0 Å². The van der Waals surface area contributed by atoms with E-state index in [0.29, 0.717) is 11.0 Å². The van der Waals surface area contributed by atoms with Gasteiger partial charge in [0.05, 0.1) is 17.2 Å². The van der Waals surface area contributed by atoms with E-state index in [1.54, 1.807) is 24.3 Å². The van der Waals surface area contributed by atoms with E-state index in [1.165, 1.54) is 0 Å². The first-order valence-electron chi connectivity index (χ1n) is 4.46. The van der Waals surface area contributed by atoms with Crippen LogP contribution in [0.25, 0.3) is 11.0 Å². The van der Waals surface area contributed by atoms with Crippen molar-refractivity contribution in [1.82, 2.24) is 9.97 Å². The largest absolute Gasteiger partial charge is 0.411 e. The number of hydrogen-bond donors (Lipinski definition) is 2. The fourth-order valence-electron chi connectivity index (χ4n) is 1.34. The van der Waals surface area contributed by atoms with Gasteiger partial charge in [0.15, 0.2) is 5.69 Å². The maximum Gasteiger partial charge on any atom is 0.269 e. The number of fused-ring (bicyclic) bond motifs is 1. The maximum absolute atomic E-state index is 11.1. The van der Waals surface area contributed by atoms with Gasteiger partial charge in [-0.1, -0.05) is 17.3 Å². The number of nitrogens with zero attached hydrogens (tertiary/aromatic N) is 3. The minimum Gasteiger partial charge on any atom is -0.411 e. The molecule has 2 aromatic rings. The van der Waals surface area contributed by atoms with Crippen LogP contribution >= 0.6 is 0 Å². The van der Waals surface area contributed by atoms with Crippen molar-refractivity contribution in [3.63, 3.8) is 0 Å². The van der Waals surface area contributed by atoms with E-state index >= 15 is 0 Å². The second-order valence-electron chi connectivity index (χ2n) is 3.05. The molecule has 0 unspecified atom stereocenters. The van der Waals surface area contributed by atoms with Gasteiger partial charge in [-0.2, -0.15) is 0 Å². The van der Waals surface area contributed by atoms with Crippen LogP contribution in [0.15, 0.2) is 29.4 Å². The van der Waals surface area contributed by atoms with Crippen LogP contribution in [0.2, 0.25) is 0 Å². The highest BCUT2D eigenvalue weighted by Gasteiger charge is 2.11. The zero-order chi connectivity index (χ0) is 11.5. The van der Waals surface area contributed by atoms with E-state index in [0.717, 1.165) is 6.21 Å². The van der Waals surface area contributed by atoms with Crippen LogP contribution in [0, 0.1) is 0 Å². The number of carbonyl (C=O) groups is 1. The molecule has 3 N–H and O–H groups in total. The van der Waals surface area contributed by atoms with Crippen molar-refractivity contribution < 1.29 is 10.0 Å².